The maximum Gasteiger partial charge on any atom is 0.319 e. The van der Waals surface area contributed by atoms with E-state index in [2.05, 4.69) is 21.7 Å². The van der Waals surface area contributed by atoms with Crippen LogP contribution in [0.3, 0.4) is 0 Å². The van der Waals surface area contributed by atoms with Crippen molar-refractivity contribution in [3.05, 3.63) is 54.5 Å². The van der Waals surface area contributed by atoms with Crippen molar-refractivity contribution >= 4 is 17.4 Å². The van der Waals surface area contributed by atoms with E-state index >= 15 is 0 Å². The number of anilines is 1. The van der Waals surface area contributed by atoms with E-state index in [0.717, 1.165) is 16.7 Å². The maximum absolute atomic E-state index is 11.6. The molecule has 0 bridgehead atoms. The van der Waals surface area contributed by atoms with E-state index in [-0.39, 0.29) is 38.7 Å². The van der Waals surface area contributed by atoms with Crippen LogP contribution in [0.4, 0.5) is 10.5 Å². The van der Waals surface area contributed by atoms with Crippen LogP contribution < -0.4 is 10.6 Å². The van der Waals surface area contributed by atoms with Crippen molar-refractivity contribution < 1.29 is 37.5 Å². The van der Waals surface area contributed by atoms with Gasteiger partial charge in [-0.2, -0.15) is 29.8 Å². The number of imidazole rings is 1. The number of urea groups is 1. The minimum Gasteiger partial charge on any atom is -0.341 e. The number of pyridine rings is 1. The smallest absolute Gasteiger partial charge is 0.319 e. The summed E-state index contributed by atoms with van der Waals surface area (Å²) in [4.78, 5) is 15.9. The second kappa shape index (κ2) is 7.03. The molecule has 1 aromatic carbocycles. The Bertz CT molecular complexity index is 813. The molecule has 2 aromatic heterocycles. The van der Waals surface area contributed by atoms with Gasteiger partial charge >= 0.3 is 6.03 Å². The number of nitrogens with one attached hydrogen (secondary N) is 2. The molecule has 109 valence electrons. The summed E-state index contributed by atoms with van der Waals surface area (Å²) >= 11 is 0. The van der Waals surface area contributed by atoms with Gasteiger partial charge in [-0.15, -0.1) is 5.56 Å². The molecule has 0 saturated heterocycles. The first-order chi connectivity index (χ1) is 10.2. The molecular formula is C16H15N4OY-. The van der Waals surface area contributed by atoms with Crippen LogP contribution in [0.15, 0.2) is 42.9 Å². The molecule has 0 aliphatic rings. The van der Waals surface area contributed by atoms with Gasteiger partial charge in [0.2, 0.25) is 0 Å². The molecule has 0 atom stereocenters. The van der Waals surface area contributed by atoms with Gasteiger partial charge in [0.25, 0.3) is 0 Å². The normalized spacial score (nSPS) is 10.1. The topological polar surface area (TPSA) is 58.4 Å². The number of carbonyl (C=O) groups excluding carboxylic acids is 1. The second-order valence-corrected chi connectivity index (χ2v) is 4.71. The number of carbonyl (C=O) groups is 1. The van der Waals surface area contributed by atoms with E-state index in [4.69, 9.17) is 0 Å². The van der Waals surface area contributed by atoms with Gasteiger partial charge in [-0.1, -0.05) is 12.5 Å². The van der Waals surface area contributed by atoms with Crippen molar-refractivity contribution in [3.63, 3.8) is 0 Å². The van der Waals surface area contributed by atoms with Gasteiger partial charge in [0, 0.05) is 58.3 Å². The van der Waals surface area contributed by atoms with Crippen molar-refractivity contribution in [2.75, 3.05) is 12.4 Å². The maximum atomic E-state index is 11.6. The zero-order chi connectivity index (χ0) is 14.8. The number of aromatic nitrogens is 2. The third-order valence-electron chi connectivity index (χ3n) is 3.34. The molecule has 0 aliphatic heterocycles. The molecule has 0 aliphatic carbocycles. The van der Waals surface area contributed by atoms with Gasteiger partial charge < -0.3 is 15.0 Å². The number of hydrogen-bond acceptors (Lipinski definition) is 2. The van der Waals surface area contributed by atoms with E-state index in [1.165, 1.54) is 0 Å². The van der Waals surface area contributed by atoms with E-state index in [9.17, 15) is 4.79 Å². The molecule has 0 fully saturated rings. The van der Waals surface area contributed by atoms with Crippen LogP contribution in [0.1, 0.15) is 5.56 Å². The number of benzene rings is 1. The molecule has 2 amide bonds. The van der Waals surface area contributed by atoms with Gasteiger partial charge in [0.1, 0.15) is 0 Å². The molecule has 3 aromatic rings. The van der Waals surface area contributed by atoms with Crippen LogP contribution in [0.2, 0.25) is 0 Å². The number of hydrogen-bond donors (Lipinski definition) is 2. The molecular weight excluding hydrogens is 353 g/mol. The minimum absolute atomic E-state index is 0. The number of aryl methyl sites for hydroxylation is 1. The molecule has 0 saturated carbocycles. The fourth-order valence-electron chi connectivity index (χ4n) is 2.29. The molecule has 6 heteroatoms. The summed E-state index contributed by atoms with van der Waals surface area (Å²) in [7, 11) is 1.58. The van der Waals surface area contributed by atoms with Crippen molar-refractivity contribution in [2.45, 2.75) is 6.92 Å². The average molecular weight is 368 g/mol. The van der Waals surface area contributed by atoms with Crippen LogP contribution in [-0.4, -0.2) is 22.5 Å². The monoisotopic (exact) mass is 368 g/mol. The third kappa shape index (κ3) is 3.20. The fraction of sp³-hybridized carbons (Fsp3) is 0.125. The largest absolute Gasteiger partial charge is 0.341 e. The first-order valence-electron chi connectivity index (χ1n) is 6.62. The van der Waals surface area contributed by atoms with Gasteiger partial charge in [0.15, 0.2) is 5.65 Å². The predicted octanol–water partition coefficient (Wildman–Crippen LogP) is 2.86. The SMILES string of the molecule is CNC(=O)Nc1cc(-c2ccc[c-]c2C)cn2ccnc12.[Y]. The van der Waals surface area contributed by atoms with E-state index in [1.807, 2.05) is 48.0 Å². The molecule has 3 rings (SSSR count). The van der Waals surface area contributed by atoms with Crippen molar-refractivity contribution in [1.82, 2.24) is 14.7 Å². The second-order valence-electron chi connectivity index (χ2n) is 4.71. The summed E-state index contributed by atoms with van der Waals surface area (Å²) in [5, 5.41) is 5.35. The number of amides is 2. The fourth-order valence-corrected chi connectivity index (χ4v) is 2.29. The molecule has 2 heterocycles. The molecule has 0 spiro atoms. The third-order valence-corrected chi connectivity index (χ3v) is 3.34. The van der Waals surface area contributed by atoms with Crippen molar-refractivity contribution in [3.8, 4) is 11.1 Å². The zero-order valence-corrected chi connectivity index (χ0v) is 15.3. The summed E-state index contributed by atoms with van der Waals surface area (Å²) in [6, 6.07) is 10.7. The molecule has 22 heavy (non-hydrogen) atoms. The molecule has 1 radical (unpaired) electrons. The Morgan fingerprint density at radius 3 is 2.95 bits per heavy atom. The molecule has 2 N–H and O–H groups in total. The summed E-state index contributed by atoms with van der Waals surface area (Å²) in [5.41, 5.74) is 4.51. The summed E-state index contributed by atoms with van der Waals surface area (Å²) < 4.78 is 1.90. The standard InChI is InChI=1S/C16H15N4O.Y/c1-11-5-3-4-6-13(11)12-9-14(19-16(21)17-2)15-18-7-8-20(15)10-12;/h3-4,6-10H,1-2H3,(H2,17,19,21);/q-1;. The van der Waals surface area contributed by atoms with E-state index < -0.39 is 0 Å². The van der Waals surface area contributed by atoms with Crippen LogP contribution in [0.5, 0.6) is 0 Å². The number of rotatable bonds is 2. The van der Waals surface area contributed by atoms with Gasteiger partial charge in [-0.3, -0.25) is 0 Å². The summed E-state index contributed by atoms with van der Waals surface area (Å²) in [5.74, 6) is 0. The van der Waals surface area contributed by atoms with Gasteiger partial charge in [0.05, 0.1) is 5.69 Å². The predicted molar refractivity (Wildman–Crippen MR) is 82.3 cm³/mol. The van der Waals surface area contributed by atoms with Gasteiger partial charge in [-0.05, 0) is 6.07 Å². The first kappa shape index (κ1) is 16.7. The minimum atomic E-state index is -0.270. The molecule has 0 unspecified atom stereocenters. The number of fused-ring (bicyclic) bond motifs is 1. The van der Waals surface area contributed by atoms with Crippen LogP contribution in [0, 0.1) is 13.0 Å². The summed E-state index contributed by atoms with van der Waals surface area (Å²) in [6.45, 7) is 2.01. The summed E-state index contributed by atoms with van der Waals surface area (Å²) in [6.07, 6.45) is 5.56. The van der Waals surface area contributed by atoms with Crippen molar-refractivity contribution in [2.24, 2.45) is 0 Å². The van der Waals surface area contributed by atoms with E-state index in [1.54, 1.807) is 13.2 Å². The Labute approximate surface area is 154 Å². The quantitative estimate of drug-likeness (QED) is 0.684. The zero-order valence-electron chi connectivity index (χ0n) is 12.4. The Morgan fingerprint density at radius 1 is 1.41 bits per heavy atom. The number of nitrogens with zero attached hydrogens (tertiary/aromatic N) is 2. The van der Waals surface area contributed by atoms with Crippen LogP contribution in [-0.2, 0) is 32.7 Å². The van der Waals surface area contributed by atoms with Gasteiger partial charge in [-0.25, -0.2) is 9.78 Å². The first-order valence-corrected chi connectivity index (χ1v) is 6.62. The Morgan fingerprint density at radius 2 is 2.23 bits per heavy atom. The Hall–Kier alpha value is -1.72. The van der Waals surface area contributed by atoms with Crippen molar-refractivity contribution in [1.29, 1.82) is 0 Å². The Balaban J connectivity index is 0.00000176. The average Bonchev–Trinajstić information content (AvgIpc) is 2.96. The van der Waals surface area contributed by atoms with Crippen LogP contribution >= 0.6 is 0 Å². The molecule has 5 nitrogen and oxygen atoms in total. The van der Waals surface area contributed by atoms with E-state index in [0.29, 0.717) is 11.3 Å². The van der Waals surface area contributed by atoms with Crippen LogP contribution in [0.25, 0.3) is 16.8 Å². The Kier molecular flexibility index (Phi) is 5.32.